The summed E-state index contributed by atoms with van der Waals surface area (Å²) in [4.78, 5) is 36.4. The van der Waals surface area contributed by atoms with Gasteiger partial charge in [0.2, 0.25) is 11.8 Å². The Kier molecular flexibility index (Phi) is 3.65. The maximum Gasteiger partial charge on any atom is 0.328 e. The molecule has 3 heterocycles. The molecule has 0 aromatic carbocycles. The third-order valence-corrected chi connectivity index (χ3v) is 4.05. The Labute approximate surface area is 122 Å². The van der Waals surface area contributed by atoms with E-state index in [1.807, 2.05) is 0 Å². The molecule has 0 saturated carbocycles. The first-order chi connectivity index (χ1) is 10.1. The van der Waals surface area contributed by atoms with Gasteiger partial charge in [-0.25, -0.2) is 4.79 Å². The van der Waals surface area contributed by atoms with Gasteiger partial charge in [0.1, 0.15) is 0 Å². The maximum atomic E-state index is 11.9. The standard InChI is InChI=1S/C12H12N4O4S/c17-9(1-3-16-4-2-10(18)14-12(16)19)13-11-7-5-21-6-8(7)15-20-11/h2,4H,1,3,5-6H2,(H,13,17)(H,14,18,19). The smallest absolute Gasteiger partial charge is 0.328 e. The molecule has 1 aliphatic heterocycles. The van der Waals surface area contributed by atoms with Gasteiger partial charge in [-0.1, -0.05) is 5.16 Å². The monoisotopic (exact) mass is 308 g/mol. The molecule has 9 heteroatoms. The maximum absolute atomic E-state index is 11.9. The van der Waals surface area contributed by atoms with Gasteiger partial charge in [-0.3, -0.25) is 19.9 Å². The van der Waals surface area contributed by atoms with E-state index in [2.05, 4.69) is 15.5 Å². The molecule has 0 radical (unpaired) electrons. The van der Waals surface area contributed by atoms with E-state index in [0.29, 0.717) is 5.88 Å². The molecule has 2 aromatic rings. The number of rotatable bonds is 4. The summed E-state index contributed by atoms with van der Waals surface area (Å²) in [5.74, 6) is 1.67. The minimum absolute atomic E-state index is 0.0918. The SMILES string of the molecule is O=C(CCn1ccc(=O)[nH]c1=O)Nc1onc2c1CSC2. The fourth-order valence-corrected chi connectivity index (χ4v) is 3.01. The van der Waals surface area contributed by atoms with Gasteiger partial charge in [-0.15, -0.1) is 0 Å². The second-order valence-corrected chi connectivity index (χ2v) is 5.52. The molecule has 110 valence electrons. The molecule has 0 saturated heterocycles. The van der Waals surface area contributed by atoms with Crippen molar-refractivity contribution in [2.45, 2.75) is 24.5 Å². The third kappa shape index (κ3) is 2.92. The molecule has 0 unspecified atom stereocenters. The van der Waals surface area contributed by atoms with Crippen LogP contribution in [0.5, 0.6) is 0 Å². The molecule has 1 amide bonds. The largest absolute Gasteiger partial charge is 0.338 e. The number of nitrogens with one attached hydrogen (secondary N) is 2. The van der Waals surface area contributed by atoms with Crippen LogP contribution < -0.4 is 16.6 Å². The lowest BCUT2D eigenvalue weighted by atomic mass is 10.3. The van der Waals surface area contributed by atoms with Crippen molar-refractivity contribution >= 4 is 23.6 Å². The summed E-state index contributed by atoms with van der Waals surface area (Å²) in [6.07, 6.45) is 1.45. The molecule has 0 bridgehead atoms. The van der Waals surface area contributed by atoms with Crippen LogP contribution in [0, 0.1) is 0 Å². The van der Waals surface area contributed by atoms with Crippen LogP contribution in [0.2, 0.25) is 0 Å². The Hall–Kier alpha value is -2.29. The van der Waals surface area contributed by atoms with E-state index < -0.39 is 11.2 Å². The van der Waals surface area contributed by atoms with Gasteiger partial charge in [0.15, 0.2) is 0 Å². The first kappa shape index (κ1) is 13.7. The number of nitrogens with zero attached hydrogens (tertiary/aromatic N) is 2. The molecule has 1 aliphatic rings. The summed E-state index contributed by atoms with van der Waals surface area (Å²) in [6, 6.07) is 1.24. The lowest BCUT2D eigenvalue weighted by molar-refractivity contribution is -0.116. The average molecular weight is 308 g/mol. The second-order valence-electron chi connectivity index (χ2n) is 4.53. The summed E-state index contributed by atoms with van der Waals surface area (Å²) >= 11 is 1.71. The number of H-pyrrole nitrogens is 1. The highest BCUT2D eigenvalue weighted by Crippen LogP contribution is 2.34. The number of thioether (sulfide) groups is 1. The zero-order chi connectivity index (χ0) is 14.8. The van der Waals surface area contributed by atoms with Gasteiger partial charge in [-0.2, -0.15) is 11.8 Å². The van der Waals surface area contributed by atoms with Crippen molar-refractivity contribution in [3.8, 4) is 0 Å². The third-order valence-electron chi connectivity index (χ3n) is 3.08. The average Bonchev–Trinajstić information content (AvgIpc) is 3.03. The zero-order valence-electron chi connectivity index (χ0n) is 10.9. The Morgan fingerprint density at radius 1 is 1.48 bits per heavy atom. The van der Waals surface area contributed by atoms with Crippen molar-refractivity contribution in [2.75, 3.05) is 5.32 Å². The van der Waals surface area contributed by atoms with Crippen molar-refractivity contribution in [3.63, 3.8) is 0 Å². The van der Waals surface area contributed by atoms with Crippen LogP contribution in [0.1, 0.15) is 17.7 Å². The quantitative estimate of drug-likeness (QED) is 0.840. The Bertz CT molecular complexity index is 791. The number of anilines is 1. The van der Waals surface area contributed by atoms with Gasteiger partial charge in [0, 0.05) is 36.7 Å². The van der Waals surface area contributed by atoms with Gasteiger partial charge < -0.3 is 9.09 Å². The summed E-state index contributed by atoms with van der Waals surface area (Å²) in [7, 11) is 0. The predicted octanol–water partition coefficient (Wildman–Crippen LogP) is 0.300. The van der Waals surface area contributed by atoms with E-state index in [0.717, 1.165) is 22.8 Å². The van der Waals surface area contributed by atoms with Crippen molar-refractivity contribution < 1.29 is 9.32 Å². The van der Waals surface area contributed by atoms with Crippen molar-refractivity contribution in [3.05, 3.63) is 44.4 Å². The van der Waals surface area contributed by atoms with Crippen LogP contribution in [-0.2, 0) is 22.8 Å². The van der Waals surface area contributed by atoms with Gasteiger partial charge in [0.05, 0.1) is 11.3 Å². The minimum atomic E-state index is -0.535. The van der Waals surface area contributed by atoms with E-state index in [9.17, 15) is 14.4 Å². The van der Waals surface area contributed by atoms with Crippen LogP contribution in [0.15, 0.2) is 26.4 Å². The highest BCUT2D eigenvalue weighted by atomic mass is 32.2. The number of amides is 1. The minimum Gasteiger partial charge on any atom is -0.338 e. The Morgan fingerprint density at radius 3 is 3.14 bits per heavy atom. The van der Waals surface area contributed by atoms with Crippen LogP contribution in [0.25, 0.3) is 0 Å². The number of hydrogen-bond acceptors (Lipinski definition) is 6. The molecular weight excluding hydrogens is 296 g/mol. The number of aryl methyl sites for hydroxylation is 1. The van der Waals surface area contributed by atoms with E-state index in [-0.39, 0.29) is 18.9 Å². The lowest BCUT2D eigenvalue weighted by Gasteiger charge is -2.05. The van der Waals surface area contributed by atoms with Crippen molar-refractivity contribution in [1.29, 1.82) is 0 Å². The molecule has 3 rings (SSSR count). The molecule has 0 aliphatic carbocycles. The summed E-state index contributed by atoms with van der Waals surface area (Å²) in [6.45, 7) is 0.173. The lowest BCUT2D eigenvalue weighted by Crippen LogP contribution is -2.29. The topological polar surface area (TPSA) is 110 Å². The van der Waals surface area contributed by atoms with E-state index in [1.54, 1.807) is 11.8 Å². The molecule has 0 atom stereocenters. The summed E-state index contributed by atoms with van der Waals surface area (Å²) in [5, 5.41) is 6.54. The Balaban J connectivity index is 1.62. The number of fused-ring (bicyclic) bond motifs is 1. The van der Waals surface area contributed by atoms with Crippen molar-refractivity contribution in [1.82, 2.24) is 14.7 Å². The molecule has 0 spiro atoms. The van der Waals surface area contributed by atoms with Gasteiger partial charge in [-0.05, 0) is 0 Å². The first-order valence-corrected chi connectivity index (χ1v) is 7.44. The highest BCUT2D eigenvalue weighted by Gasteiger charge is 2.22. The van der Waals surface area contributed by atoms with Crippen LogP contribution in [-0.4, -0.2) is 20.6 Å². The number of hydrogen-bond donors (Lipinski definition) is 2. The van der Waals surface area contributed by atoms with E-state index >= 15 is 0 Å². The summed E-state index contributed by atoms with van der Waals surface area (Å²) in [5.41, 5.74) is 0.796. The molecule has 0 fully saturated rings. The molecule has 2 N–H and O–H groups in total. The molecular formula is C12H12N4O4S. The number of carbonyl (C=O) groups is 1. The number of aromatic nitrogens is 3. The molecule has 21 heavy (non-hydrogen) atoms. The highest BCUT2D eigenvalue weighted by molar-refractivity contribution is 7.98. The van der Waals surface area contributed by atoms with Crippen molar-refractivity contribution in [2.24, 2.45) is 0 Å². The number of aromatic amines is 1. The van der Waals surface area contributed by atoms with E-state index in [1.165, 1.54) is 16.8 Å². The Morgan fingerprint density at radius 2 is 2.33 bits per heavy atom. The van der Waals surface area contributed by atoms with Crippen LogP contribution in [0.4, 0.5) is 5.88 Å². The second kappa shape index (κ2) is 5.60. The fraction of sp³-hybridized carbons (Fsp3) is 0.333. The summed E-state index contributed by atoms with van der Waals surface area (Å²) < 4.78 is 6.35. The van der Waals surface area contributed by atoms with Gasteiger partial charge in [0.25, 0.3) is 5.56 Å². The normalized spacial score (nSPS) is 13.1. The van der Waals surface area contributed by atoms with E-state index in [4.69, 9.17) is 4.52 Å². The zero-order valence-corrected chi connectivity index (χ0v) is 11.7. The fourth-order valence-electron chi connectivity index (χ4n) is 1.98. The van der Waals surface area contributed by atoms with Gasteiger partial charge >= 0.3 is 5.69 Å². The molecule has 2 aromatic heterocycles. The first-order valence-electron chi connectivity index (χ1n) is 6.28. The molecule has 8 nitrogen and oxygen atoms in total. The van der Waals surface area contributed by atoms with Crippen LogP contribution in [0.3, 0.4) is 0 Å². The number of carbonyl (C=O) groups excluding carboxylic acids is 1. The van der Waals surface area contributed by atoms with Crippen LogP contribution >= 0.6 is 11.8 Å². The predicted molar refractivity (Wildman–Crippen MR) is 76.1 cm³/mol.